The van der Waals surface area contributed by atoms with Crippen LogP contribution in [-0.4, -0.2) is 35.4 Å². The molecular formula is C11H16N4O. The first-order chi connectivity index (χ1) is 7.58. The van der Waals surface area contributed by atoms with Crippen molar-refractivity contribution in [3.8, 4) is 0 Å². The summed E-state index contributed by atoms with van der Waals surface area (Å²) >= 11 is 0. The first-order valence-corrected chi connectivity index (χ1v) is 5.32. The lowest BCUT2D eigenvalue weighted by atomic mass is 10.2. The number of amides is 1. The molecule has 0 aromatic carbocycles. The van der Waals surface area contributed by atoms with E-state index in [1.54, 1.807) is 18.0 Å². The highest BCUT2D eigenvalue weighted by Crippen LogP contribution is 2.20. The molecule has 2 heterocycles. The van der Waals surface area contributed by atoms with Crippen LogP contribution in [0.2, 0.25) is 0 Å². The van der Waals surface area contributed by atoms with E-state index < -0.39 is 0 Å². The number of nitrogens with zero attached hydrogens (tertiary/aromatic N) is 2. The molecule has 1 amide bonds. The van der Waals surface area contributed by atoms with Crippen LogP contribution in [0.5, 0.6) is 0 Å². The van der Waals surface area contributed by atoms with E-state index in [4.69, 9.17) is 5.73 Å². The lowest BCUT2D eigenvalue weighted by Crippen LogP contribution is -2.31. The third kappa shape index (κ3) is 1.93. The summed E-state index contributed by atoms with van der Waals surface area (Å²) in [5.41, 5.74) is 7.26. The van der Waals surface area contributed by atoms with Crippen molar-refractivity contribution in [3.05, 3.63) is 17.8 Å². The number of likely N-dealkylation sites (tertiary alicyclic amines) is 1. The Morgan fingerprint density at radius 3 is 2.94 bits per heavy atom. The van der Waals surface area contributed by atoms with Crippen LogP contribution in [-0.2, 0) is 4.79 Å². The number of aryl methyl sites for hydroxylation is 1. The van der Waals surface area contributed by atoms with E-state index in [2.05, 4.69) is 10.3 Å². The fraction of sp³-hybridized carbons (Fsp3) is 0.455. The molecule has 1 aliphatic heterocycles. The summed E-state index contributed by atoms with van der Waals surface area (Å²) in [7, 11) is 1.80. The van der Waals surface area contributed by atoms with Crippen LogP contribution in [0.4, 0.5) is 11.5 Å². The average Bonchev–Trinajstić information content (AvgIpc) is 2.55. The molecule has 1 fully saturated rings. The topological polar surface area (TPSA) is 71.2 Å². The van der Waals surface area contributed by atoms with Crippen molar-refractivity contribution in [2.45, 2.75) is 19.4 Å². The van der Waals surface area contributed by atoms with Gasteiger partial charge < -0.3 is 16.0 Å². The van der Waals surface area contributed by atoms with Crippen molar-refractivity contribution in [2.24, 2.45) is 0 Å². The number of nitrogens with two attached hydrogens (primary N) is 1. The van der Waals surface area contributed by atoms with Crippen LogP contribution in [0, 0.1) is 6.92 Å². The molecule has 5 nitrogen and oxygen atoms in total. The van der Waals surface area contributed by atoms with E-state index in [0.717, 1.165) is 18.7 Å². The molecule has 1 unspecified atom stereocenters. The summed E-state index contributed by atoms with van der Waals surface area (Å²) in [4.78, 5) is 17.7. The van der Waals surface area contributed by atoms with Crippen molar-refractivity contribution < 1.29 is 4.79 Å². The lowest BCUT2D eigenvalue weighted by molar-refractivity contribution is -0.127. The molecule has 1 aromatic rings. The monoisotopic (exact) mass is 220 g/mol. The Labute approximate surface area is 94.6 Å². The summed E-state index contributed by atoms with van der Waals surface area (Å²) in [6.45, 7) is 2.68. The summed E-state index contributed by atoms with van der Waals surface area (Å²) in [6.07, 6.45) is 0.796. The fourth-order valence-corrected chi connectivity index (χ4v) is 1.80. The van der Waals surface area contributed by atoms with Gasteiger partial charge in [-0.1, -0.05) is 0 Å². The third-order valence-corrected chi connectivity index (χ3v) is 2.80. The first kappa shape index (κ1) is 10.7. The molecule has 86 valence electrons. The van der Waals surface area contributed by atoms with Gasteiger partial charge in [-0.3, -0.25) is 4.79 Å². The Hall–Kier alpha value is -1.78. The Morgan fingerprint density at radius 1 is 1.56 bits per heavy atom. The van der Waals surface area contributed by atoms with Gasteiger partial charge >= 0.3 is 0 Å². The molecule has 0 bridgehead atoms. The van der Waals surface area contributed by atoms with Gasteiger partial charge in [0, 0.05) is 19.3 Å². The summed E-state index contributed by atoms with van der Waals surface area (Å²) in [5.74, 6) is 0.705. The van der Waals surface area contributed by atoms with Gasteiger partial charge in [-0.2, -0.15) is 0 Å². The Bertz CT molecular complexity index is 418. The number of hydrogen-bond donors (Lipinski definition) is 2. The third-order valence-electron chi connectivity index (χ3n) is 2.80. The zero-order chi connectivity index (χ0) is 11.7. The van der Waals surface area contributed by atoms with Crippen molar-refractivity contribution >= 4 is 17.4 Å². The molecule has 1 aliphatic rings. The van der Waals surface area contributed by atoms with Gasteiger partial charge in [0.1, 0.15) is 11.9 Å². The molecule has 1 atom stereocenters. The van der Waals surface area contributed by atoms with E-state index in [-0.39, 0.29) is 11.9 Å². The van der Waals surface area contributed by atoms with Gasteiger partial charge in [-0.15, -0.1) is 0 Å². The minimum atomic E-state index is -0.193. The van der Waals surface area contributed by atoms with Gasteiger partial charge in [0.25, 0.3) is 0 Å². The number of likely N-dealkylation sites (N-methyl/N-ethyl adjacent to an activating group) is 1. The molecule has 0 aliphatic carbocycles. The number of hydrogen-bond acceptors (Lipinski definition) is 4. The lowest BCUT2D eigenvalue weighted by Gasteiger charge is -2.14. The first-order valence-electron chi connectivity index (χ1n) is 5.32. The van der Waals surface area contributed by atoms with Crippen LogP contribution in [0.1, 0.15) is 12.1 Å². The number of pyridine rings is 1. The second-order valence-corrected chi connectivity index (χ2v) is 4.14. The maximum atomic E-state index is 11.7. The molecule has 0 spiro atoms. The fourth-order valence-electron chi connectivity index (χ4n) is 1.80. The SMILES string of the molecule is Cc1ccc(N)c(NC2CCN(C)C2=O)n1. The number of nitrogen functional groups attached to an aromatic ring is 1. The number of anilines is 2. The van der Waals surface area contributed by atoms with Gasteiger partial charge in [-0.05, 0) is 25.5 Å². The predicted octanol–water partition coefficient (Wildman–Crippen LogP) is 0.615. The highest BCUT2D eigenvalue weighted by molar-refractivity contribution is 5.87. The van der Waals surface area contributed by atoms with Crippen LogP contribution in [0.3, 0.4) is 0 Å². The summed E-state index contributed by atoms with van der Waals surface area (Å²) < 4.78 is 0. The van der Waals surface area contributed by atoms with Gasteiger partial charge in [-0.25, -0.2) is 4.98 Å². The standard InChI is InChI=1S/C11H16N4O/c1-7-3-4-8(12)10(13-7)14-9-5-6-15(2)11(9)16/h3-4,9H,5-6,12H2,1-2H3,(H,13,14). The van der Waals surface area contributed by atoms with Crippen molar-refractivity contribution in [1.29, 1.82) is 0 Å². The van der Waals surface area contributed by atoms with Gasteiger partial charge in [0.15, 0.2) is 0 Å². The normalized spacial score (nSPS) is 20.2. The Kier molecular flexibility index (Phi) is 2.68. The molecule has 0 saturated carbocycles. The molecule has 2 rings (SSSR count). The quantitative estimate of drug-likeness (QED) is 0.766. The summed E-state index contributed by atoms with van der Waals surface area (Å²) in [5, 5.41) is 3.10. The van der Waals surface area contributed by atoms with Crippen LogP contribution < -0.4 is 11.1 Å². The van der Waals surface area contributed by atoms with Crippen LogP contribution in [0.25, 0.3) is 0 Å². The zero-order valence-corrected chi connectivity index (χ0v) is 9.53. The largest absolute Gasteiger partial charge is 0.396 e. The number of rotatable bonds is 2. The van der Waals surface area contributed by atoms with Crippen molar-refractivity contribution in [1.82, 2.24) is 9.88 Å². The number of carbonyl (C=O) groups excluding carboxylic acids is 1. The highest BCUT2D eigenvalue weighted by Gasteiger charge is 2.29. The van der Waals surface area contributed by atoms with E-state index in [9.17, 15) is 4.79 Å². The van der Waals surface area contributed by atoms with Crippen LogP contribution >= 0.6 is 0 Å². The minimum absolute atomic E-state index is 0.0997. The van der Waals surface area contributed by atoms with E-state index in [1.165, 1.54) is 0 Å². The molecular weight excluding hydrogens is 204 g/mol. The van der Waals surface area contributed by atoms with E-state index in [0.29, 0.717) is 11.5 Å². The molecule has 16 heavy (non-hydrogen) atoms. The van der Waals surface area contributed by atoms with E-state index >= 15 is 0 Å². The Morgan fingerprint density at radius 2 is 2.31 bits per heavy atom. The van der Waals surface area contributed by atoms with Gasteiger partial charge in [0.2, 0.25) is 5.91 Å². The number of carbonyl (C=O) groups is 1. The Balaban J connectivity index is 2.15. The molecule has 1 saturated heterocycles. The van der Waals surface area contributed by atoms with E-state index in [1.807, 2.05) is 13.0 Å². The van der Waals surface area contributed by atoms with Gasteiger partial charge in [0.05, 0.1) is 5.69 Å². The predicted molar refractivity (Wildman–Crippen MR) is 63.1 cm³/mol. The highest BCUT2D eigenvalue weighted by atomic mass is 16.2. The minimum Gasteiger partial charge on any atom is -0.396 e. The molecule has 0 radical (unpaired) electrons. The zero-order valence-electron chi connectivity index (χ0n) is 9.53. The molecule has 5 heteroatoms. The van der Waals surface area contributed by atoms with Crippen molar-refractivity contribution in [3.63, 3.8) is 0 Å². The average molecular weight is 220 g/mol. The van der Waals surface area contributed by atoms with Crippen LogP contribution in [0.15, 0.2) is 12.1 Å². The van der Waals surface area contributed by atoms with Crippen molar-refractivity contribution in [2.75, 3.05) is 24.6 Å². The second-order valence-electron chi connectivity index (χ2n) is 4.14. The number of nitrogens with one attached hydrogen (secondary N) is 1. The maximum Gasteiger partial charge on any atom is 0.244 e. The smallest absolute Gasteiger partial charge is 0.244 e. The number of aromatic nitrogens is 1. The maximum absolute atomic E-state index is 11.7. The second kappa shape index (κ2) is 4.00. The molecule has 3 N–H and O–H groups in total. The summed E-state index contributed by atoms with van der Waals surface area (Å²) in [6, 6.07) is 3.46. The molecule has 1 aromatic heterocycles.